The molecule has 5 nitrogen and oxygen atoms in total. The maximum Gasteiger partial charge on any atom is 0.307 e. The smallest absolute Gasteiger partial charge is 0.307 e. The second kappa shape index (κ2) is 9.00. The van der Waals surface area contributed by atoms with Gasteiger partial charge in [-0.05, 0) is 71.7 Å². The second-order valence-electron chi connectivity index (χ2n) is 6.49. The van der Waals surface area contributed by atoms with Gasteiger partial charge in [-0.2, -0.15) is 0 Å². The van der Waals surface area contributed by atoms with E-state index in [0.717, 1.165) is 51.9 Å². The van der Waals surface area contributed by atoms with Crippen molar-refractivity contribution in [1.29, 1.82) is 0 Å². The van der Waals surface area contributed by atoms with Gasteiger partial charge >= 0.3 is 5.97 Å². The zero-order valence-electron chi connectivity index (χ0n) is 16.0. The van der Waals surface area contributed by atoms with Crippen molar-refractivity contribution in [2.45, 2.75) is 40.0 Å². The molecule has 0 aliphatic heterocycles. The number of aromatic nitrogens is 2. The number of hydrogen-bond donors (Lipinski definition) is 2. The first kappa shape index (κ1) is 20.7. The van der Waals surface area contributed by atoms with Crippen molar-refractivity contribution in [2.75, 3.05) is 5.32 Å². The minimum atomic E-state index is -0.831. The molecule has 2 N–H and O–H groups in total. The molecule has 3 aromatic rings. The molecule has 0 aliphatic rings. The van der Waals surface area contributed by atoms with Crippen LogP contribution in [0.5, 0.6) is 0 Å². The number of carboxylic acid groups (broad SMARTS) is 1. The van der Waals surface area contributed by atoms with Crippen LogP contribution in [0.25, 0.3) is 10.7 Å². The quantitative estimate of drug-likeness (QED) is 0.407. The maximum absolute atomic E-state index is 10.9. The fourth-order valence-corrected chi connectivity index (χ4v) is 4.69. The molecule has 2 heterocycles. The highest BCUT2D eigenvalue weighted by molar-refractivity contribution is 14.1. The molecule has 0 aliphatic carbocycles. The minimum Gasteiger partial charge on any atom is -0.481 e. The van der Waals surface area contributed by atoms with Gasteiger partial charge in [-0.25, -0.2) is 9.97 Å². The summed E-state index contributed by atoms with van der Waals surface area (Å²) in [6.45, 7) is 6.32. The van der Waals surface area contributed by atoms with E-state index in [1.165, 1.54) is 8.45 Å². The van der Waals surface area contributed by atoms with Crippen LogP contribution in [-0.2, 0) is 24.1 Å². The first-order valence-electron chi connectivity index (χ1n) is 9.15. The van der Waals surface area contributed by atoms with Crippen molar-refractivity contribution in [3.05, 3.63) is 55.6 Å². The number of nitrogens with zero attached hydrogens (tertiary/aromatic N) is 2. The van der Waals surface area contributed by atoms with E-state index in [0.29, 0.717) is 0 Å². The van der Waals surface area contributed by atoms with Crippen molar-refractivity contribution in [3.63, 3.8) is 0 Å². The second-order valence-corrected chi connectivity index (χ2v) is 9.35. The number of rotatable bonds is 7. The molecule has 28 heavy (non-hydrogen) atoms. The summed E-state index contributed by atoms with van der Waals surface area (Å²) in [5.41, 5.74) is 5.07. The Balaban J connectivity index is 1.98. The number of aryl methyl sites for hydroxylation is 2. The molecule has 0 radical (unpaired) electrons. The van der Waals surface area contributed by atoms with Crippen molar-refractivity contribution >= 4 is 51.4 Å². The van der Waals surface area contributed by atoms with Crippen LogP contribution in [0.2, 0.25) is 0 Å². The van der Waals surface area contributed by atoms with Crippen LogP contribution in [0, 0.1) is 9.81 Å². The van der Waals surface area contributed by atoms with Gasteiger partial charge in [-0.3, -0.25) is 4.79 Å². The minimum absolute atomic E-state index is 0.0223. The SMILES string of the molecule is CCc1nc(-c2cc(C)c(I)s2)nc(Nc2ccc(CC(=O)O)cc2)c1CC. The molecule has 146 valence electrons. The van der Waals surface area contributed by atoms with E-state index >= 15 is 0 Å². The van der Waals surface area contributed by atoms with Crippen LogP contribution in [0.4, 0.5) is 11.5 Å². The molecule has 0 unspecified atom stereocenters. The number of nitrogens with one attached hydrogen (secondary N) is 1. The summed E-state index contributed by atoms with van der Waals surface area (Å²) < 4.78 is 1.25. The Kier molecular flexibility index (Phi) is 6.66. The molecule has 3 rings (SSSR count). The van der Waals surface area contributed by atoms with Crippen molar-refractivity contribution < 1.29 is 9.90 Å². The van der Waals surface area contributed by atoms with Gasteiger partial charge in [0.15, 0.2) is 5.82 Å². The number of thiophene rings is 1. The molecule has 2 aromatic heterocycles. The number of carbonyl (C=O) groups is 1. The molecular weight excluding hydrogens is 485 g/mol. The lowest BCUT2D eigenvalue weighted by Crippen LogP contribution is -2.07. The number of hydrogen-bond acceptors (Lipinski definition) is 5. The maximum atomic E-state index is 10.9. The molecule has 0 fully saturated rings. The Morgan fingerprint density at radius 2 is 1.89 bits per heavy atom. The molecule has 0 saturated carbocycles. The van der Waals surface area contributed by atoms with E-state index in [2.05, 4.69) is 54.7 Å². The molecule has 0 bridgehead atoms. The number of carboxylic acids is 1. The monoisotopic (exact) mass is 507 g/mol. The van der Waals surface area contributed by atoms with Crippen LogP contribution in [-0.4, -0.2) is 21.0 Å². The number of aliphatic carboxylic acids is 1. The molecule has 0 spiro atoms. The predicted molar refractivity (Wildman–Crippen MR) is 123 cm³/mol. The highest BCUT2D eigenvalue weighted by Crippen LogP contribution is 2.33. The van der Waals surface area contributed by atoms with E-state index in [1.54, 1.807) is 11.3 Å². The van der Waals surface area contributed by atoms with E-state index < -0.39 is 5.97 Å². The molecule has 1 aromatic carbocycles. The fourth-order valence-electron chi connectivity index (χ4n) is 3.00. The average Bonchev–Trinajstić information content (AvgIpc) is 3.01. The zero-order chi connectivity index (χ0) is 20.3. The van der Waals surface area contributed by atoms with E-state index in [-0.39, 0.29) is 6.42 Å². The summed E-state index contributed by atoms with van der Waals surface area (Å²) in [5.74, 6) is 0.731. The highest BCUT2D eigenvalue weighted by atomic mass is 127. The van der Waals surface area contributed by atoms with Crippen molar-refractivity contribution in [3.8, 4) is 10.7 Å². The molecular formula is C21H22IN3O2S. The summed E-state index contributed by atoms with van der Waals surface area (Å²) in [7, 11) is 0. The largest absolute Gasteiger partial charge is 0.481 e. The Labute approximate surface area is 182 Å². The fraction of sp³-hybridized carbons (Fsp3) is 0.286. The van der Waals surface area contributed by atoms with Crippen LogP contribution >= 0.6 is 33.9 Å². The molecule has 0 amide bonds. The van der Waals surface area contributed by atoms with Gasteiger partial charge in [0, 0.05) is 16.9 Å². The molecule has 0 atom stereocenters. The first-order chi connectivity index (χ1) is 13.4. The molecule has 7 heteroatoms. The zero-order valence-corrected chi connectivity index (χ0v) is 19.0. The number of anilines is 2. The van der Waals surface area contributed by atoms with Gasteiger partial charge in [0.2, 0.25) is 0 Å². The summed E-state index contributed by atoms with van der Waals surface area (Å²) in [5, 5.41) is 12.3. The third kappa shape index (κ3) is 4.70. The summed E-state index contributed by atoms with van der Waals surface area (Å²) in [6, 6.07) is 9.58. The topological polar surface area (TPSA) is 75.1 Å². The van der Waals surface area contributed by atoms with Crippen LogP contribution in [0.15, 0.2) is 30.3 Å². The molecule has 0 saturated heterocycles. The van der Waals surface area contributed by atoms with Crippen LogP contribution in [0.3, 0.4) is 0 Å². The predicted octanol–water partition coefficient (Wildman–Crippen LogP) is 5.61. The third-order valence-corrected chi connectivity index (χ3v) is 6.96. The summed E-state index contributed by atoms with van der Waals surface area (Å²) in [6.07, 6.45) is 1.70. The van der Waals surface area contributed by atoms with Gasteiger partial charge in [0.1, 0.15) is 5.82 Å². The third-order valence-electron chi connectivity index (χ3n) is 4.43. The van der Waals surface area contributed by atoms with Gasteiger partial charge in [-0.15, -0.1) is 11.3 Å². The van der Waals surface area contributed by atoms with Gasteiger partial charge in [0.05, 0.1) is 14.2 Å². The Morgan fingerprint density at radius 1 is 1.18 bits per heavy atom. The van der Waals surface area contributed by atoms with E-state index in [9.17, 15) is 4.79 Å². The first-order valence-corrected chi connectivity index (χ1v) is 11.0. The van der Waals surface area contributed by atoms with Crippen molar-refractivity contribution in [1.82, 2.24) is 9.97 Å². The van der Waals surface area contributed by atoms with Crippen LogP contribution in [0.1, 0.15) is 36.2 Å². The Morgan fingerprint density at radius 3 is 2.43 bits per heavy atom. The number of benzene rings is 1. The summed E-state index contributed by atoms with van der Waals surface area (Å²) >= 11 is 4.05. The van der Waals surface area contributed by atoms with Gasteiger partial charge < -0.3 is 10.4 Å². The highest BCUT2D eigenvalue weighted by Gasteiger charge is 2.16. The standard InChI is InChI=1S/C21H22IN3O2S/c1-4-15-16(5-2)24-21(17-10-12(3)19(22)28-17)25-20(15)23-14-8-6-13(7-9-14)11-18(26)27/h6-10H,4-5,11H2,1-3H3,(H,26,27)(H,23,24,25). The average molecular weight is 507 g/mol. The van der Waals surface area contributed by atoms with Gasteiger partial charge in [0.25, 0.3) is 0 Å². The lowest BCUT2D eigenvalue weighted by atomic mass is 10.1. The summed E-state index contributed by atoms with van der Waals surface area (Å²) in [4.78, 5) is 21.6. The Hall–Kier alpha value is -2.00. The lowest BCUT2D eigenvalue weighted by molar-refractivity contribution is -0.136. The Bertz CT molecular complexity index is 980. The normalized spacial score (nSPS) is 10.9. The number of halogens is 1. The van der Waals surface area contributed by atoms with E-state index in [1.807, 2.05) is 24.3 Å². The van der Waals surface area contributed by atoms with Crippen molar-refractivity contribution in [2.24, 2.45) is 0 Å². The van der Waals surface area contributed by atoms with Crippen LogP contribution < -0.4 is 5.32 Å². The van der Waals surface area contributed by atoms with Gasteiger partial charge in [-0.1, -0.05) is 26.0 Å². The lowest BCUT2D eigenvalue weighted by Gasteiger charge is -2.15. The van der Waals surface area contributed by atoms with E-state index in [4.69, 9.17) is 15.1 Å².